The molecule has 0 radical (unpaired) electrons. The fourth-order valence-electron chi connectivity index (χ4n) is 2.92. The number of rotatable bonds is 3. The van der Waals surface area contributed by atoms with Gasteiger partial charge in [0.15, 0.2) is 0 Å². The molecule has 1 aliphatic heterocycles. The molecule has 23 heavy (non-hydrogen) atoms. The molecule has 0 aliphatic carbocycles. The Hall–Kier alpha value is -2.81. The Morgan fingerprint density at radius 1 is 1.26 bits per heavy atom. The molecule has 0 aromatic heterocycles. The van der Waals surface area contributed by atoms with Gasteiger partial charge < -0.3 is 14.8 Å². The Kier molecular flexibility index (Phi) is 4.70. The molecule has 2 rings (SSSR count). The van der Waals surface area contributed by atoms with Gasteiger partial charge in [-0.3, -0.25) is 9.59 Å². The van der Waals surface area contributed by atoms with Crippen molar-refractivity contribution in [1.82, 2.24) is 5.32 Å². The van der Waals surface area contributed by atoms with Crippen molar-refractivity contribution in [3.05, 3.63) is 47.2 Å². The Balaban J connectivity index is 2.68. The van der Waals surface area contributed by atoms with Crippen molar-refractivity contribution in [2.75, 3.05) is 20.8 Å². The van der Waals surface area contributed by atoms with E-state index in [-0.39, 0.29) is 6.54 Å². The first-order valence-electron chi connectivity index (χ1n) is 7.09. The minimum Gasteiger partial charge on any atom is -0.469 e. The van der Waals surface area contributed by atoms with Crippen LogP contribution in [0.2, 0.25) is 0 Å². The van der Waals surface area contributed by atoms with E-state index in [1.807, 2.05) is 13.0 Å². The molecule has 0 fully saturated rings. The molecule has 1 aromatic rings. The maximum absolute atomic E-state index is 12.7. The van der Waals surface area contributed by atoms with E-state index in [1.54, 1.807) is 30.3 Å². The third-order valence-electron chi connectivity index (χ3n) is 4.08. The molecule has 1 heterocycles. The molecule has 0 amide bonds. The molecular formula is C17H18N2O4. The zero-order valence-electron chi connectivity index (χ0n) is 13.3. The van der Waals surface area contributed by atoms with Gasteiger partial charge in [0.2, 0.25) is 0 Å². The van der Waals surface area contributed by atoms with Crippen LogP contribution >= 0.6 is 0 Å². The van der Waals surface area contributed by atoms with Crippen LogP contribution in [0.1, 0.15) is 18.1 Å². The molecular weight excluding hydrogens is 296 g/mol. The number of allylic oxidation sites excluding steroid dienone is 1. The number of carbonyl (C=O) groups excluding carboxylic acids is 2. The first-order valence-corrected chi connectivity index (χ1v) is 7.09. The van der Waals surface area contributed by atoms with Gasteiger partial charge in [-0.05, 0) is 30.7 Å². The van der Waals surface area contributed by atoms with Crippen LogP contribution in [0, 0.1) is 17.2 Å². The van der Waals surface area contributed by atoms with E-state index in [4.69, 9.17) is 14.7 Å². The van der Waals surface area contributed by atoms with Gasteiger partial charge in [0, 0.05) is 12.2 Å². The summed E-state index contributed by atoms with van der Waals surface area (Å²) in [5.41, 5.74) is 0.531. The summed E-state index contributed by atoms with van der Waals surface area (Å²) >= 11 is 0. The molecule has 1 aromatic carbocycles. The Labute approximate surface area is 134 Å². The van der Waals surface area contributed by atoms with Crippen LogP contribution in [0.4, 0.5) is 0 Å². The average Bonchev–Trinajstić information content (AvgIpc) is 2.60. The van der Waals surface area contributed by atoms with Crippen LogP contribution in [0.5, 0.6) is 0 Å². The summed E-state index contributed by atoms with van der Waals surface area (Å²) in [5, 5.41) is 12.0. The molecule has 0 saturated carbocycles. The van der Waals surface area contributed by atoms with Crippen LogP contribution in [-0.4, -0.2) is 32.7 Å². The molecule has 2 unspecified atom stereocenters. The summed E-state index contributed by atoms with van der Waals surface area (Å²) in [7, 11) is 2.57. The number of hydrogen-bond donors (Lipinski definition) is 1. The highest BCUT2D eigenvalue weighted by Gasteiger charge is 2.52. The number of esters is 2. The Morgan fingerprint density at radius 3 is 2.43 bits per heavy atom. The second-order valence-corrected chi connectivity index (χ2v) is 5.33. The average molecular weight is 314 g/mol. The summed E-state index contributed by atoms with van der Waals surface area (Å²) in [5.74, 6) is -1.81. The molecule has 6 heteroatoms. The fourth-order valence-corrected chi connectivity index (χ4v) is 2.92. The van der Waals surface area contributed by atoms with E-state index in [1.165, 1.54) is 14.2 Å². The van der Waals surface area contributed by atoms with Crippen molar-refractivity contribution in [2.24, 2.45) is 5.92 Å². The van der Waals surface area contributed by atoms with Crippen molar-refractivity contribution in [3.63, 3.8) is 0 Å². The summed E-state index contributed by atoms with van der Waals surface area (Å²) in [6, 6.07) is 8.59. The van der Waals surface area contributed by atoms with Crippen LogP contribution in [-0.2, 0) is 24.5 Å². The topological polar surface area (TPSA) is 88.4 Å². The van der Waals surface area contributed by atoms with E-state index in [0.717, 1.165) is 5.70 Å². The van der Waals surface area contributed by atoms with Gasteiger partial charge >= 0.3 is 11.9 Å². The second-order valence-electron chi connectivity index (χ2n) is 5.33. The highest BCUT2D eigenvalue weighted by atomic mass is 16.5. The summed E-state index contributed by atoms with van der Waals surface area (Å²) in [4.78, 5) is 24.9. The summed E-state index contributed by atoms with van der Waals surface area (Å²) in [6.07, 6.45) is 1.69. The monoisotopic (exact) mass is 314 g/mol. The SMILES string of the molecule is COC(=O)C1CNC(C)=CC1(C(=O)OC)c1ccc(C#N)cc1. The third kappa shape index (κ3) is 2.78. The normalized spacial score (nSPS) is 23.0. The molecule has 1 aliphatic rings. The molecule has 6 nitrogen and oxygen atoms in total. The smallest absolute Gasteiger partial charge is 0.321 e. The molecule has 0 spiro atoms. The number of nitrogens with zero attached hydrogens (tertiary/aromatic N) is 1. The highest BCUT2D eigenvalue weighted by Crippen LogP contribution is 2.39. The third-order valence-corrected chi connectivity index (χ3v) is 4.08. The molecule has 120 valence electrons. The minimum absolute atomic E-state index is 0.254. The fraction of sp³-hybridized carbons (Fsp3) is 0.353. The number of carbonyl (C=O) groups is 2. The maximum Gasteiger partial charge on any atom is 0.321 e. The van der Waals surface area contributed by atoms with Crippen molar-refractivity contribution in [3.8, 4) is 6.07 Å². The lowest BCUT2D eigenvalue weighted by Crippen LogP contribution is -2.53. The van der Waals surface area contributed by atoms with Crippen LogP contribution in [0.3, 0.4) is 0 Å². The standard InChI is InChI=1S/C17H18N2O4/c1-11-8-17(16(21)23-3,14(10-19-11)15(20)22-2)13-6-4-12(9-18)5-7-13/h4-8,14,19H,10H2,1-3H3. The Bertz CT molecular complexity index is 688. The zero-order valence-corrected chi connectivity index (χ0v) is 13.3. The molecule has 0 saturated heterocycles. The number of benzene rings is 1. The lowest BCUT2D eigenvalue weighted by Gasteiger charge is -2.38. The number of hydrogen-bond acceptors (Lipinski definition) is 6. The predicted molar refractivity (Wildman–Crippen MR) is 82.1 cm³/mol. The van der Waals surface area contributed by atoms with Crippen molar-refractivity contribution < 1.29 is 19.1 Å². The quantitative estimate of drug-likeness (QED) is 0.845. The largest absolute Gasteiger partial charge is 0.469 e. The number of nitrogens with one attached hydrogen (secondary N) is 1. The van der Waals surface area contributed by atoms with Gasteiger partial charge in [-0.25, -0.2) is 0 Å². The first kappa shape index (κ1) is 16.6. The van der Waals surface area contributed by atoms with Crippen LogP contribution in [0.15, 0.2) is 36.0 Å². The van der Waals surface area contributed by atoms with E-state index in [9.17, 15) is 9.59 Å². The first-order chi connectivity index (χ1) is 11.0. The van der Waals surface area contributed by atoms with Crippen molar-refractivity contribution in [1.29, 1.82) is 5.26 Å². The molecule has 0 bridgehead atoms. The van der Waals surface area contributed by atoms with Gasteiger partial charge in [-0.15, -0.1) is 0 Å². The number of methoxy groups -OCH3 is 2. The summed E-state index contributed by atoms with van der Waals surface area (Å²) in [6.45, 7) is 2.07. The van der Waals surface area contributed by atoms with E-state index >= 15 is 0 Å². The lowest BCUT2D eigenvalue weighted by molar-refractivity contribution is -0.158. The van der Waals surface area contributed by atoms with Crippen molar-refractivity contribution >= 4 is 11.9 Å². The van der Waals surface area contributed by atoms with Gasteiger partial charge in [0.05, 0.1) is 31.8 Å². The predicted octanol–water partition coefficient (Wildman–Crippen LogP) is 1.27. The van der Waals surface area contributed by atoms with E-state index in [2.05, 4.69) is 5.32 Å². The molecule has 1 N–H and O–H groups in total. The summed E-state index contributed by atoms with van der Waals surface area (Å²) < 4.78 is 9.87. The van der Waals surface area contributed by atoms with Gasteiger partial charge in [-0.2, -0.15) is 5.26 Å². The van der Waals surface area contributed by atoms with Gasteiger partial charge in [0.1, 0.15) is 5.41 Å². The molecule has 2 atom stereocenters. The number of nitriles is 1. The zero-order chi connectivity index (χ0) is 17.0. The van der Waals surface area contributed by atoms with E-state index < -0.39 is 23.3 Å². The maximum atomic E-state index is 12.7. The van der Waals surface area contributed by atoms with Gasteiger partial charge in [-0.1, -0.05) is 12.1 Å². The minimum atomic E-state index is -1.29. The highest BCUT2D eigenvalue weighted by molar-refractivity contribution is 5.93. The van der Waals surface area contributed by atoms with Crippen LogP contribution < -0.4 is 5.32 Å². The van der Waals surface area contributed by atoms with Crippen LogP contribution in [0.25, 0.3) is 0 Å². The lowest BCUT2D eigenvalue weighted by atomic mass is 9.67. The van der Waals surface area contributed by atoms with Gasteiger partial charge in [0.25, 0.3) is 0 Å². The van der Waals surface area contributed by atoms with E-state index in [0.29, 0.717) is 11.1 Å². The number of ether oxygens (including phenoxy) is 2. The second kappa shape index (κ2) is 6.53. The Morgan fingerprint density at radius 2 is 1.91 bits per heavy atom. The van der Waals surface area contributed by atoms with Crippen molar-refractivity contribution in [2.45, 2.75) is 12.3 Å².